The van der Waals surface area contributed by atoms with E-state index in [-0.39, 0.29) is 24.9 Å². The number of rotatable bonds is 9. The van der Waals surface area contributed by atoms with Crippen LogP contribution in [0.1, 0.15) is 0 Å². The minimum absolute atomic E-state index is 0.0749. The molecule has 2 aromatic rings. The maximum atomic E-state index is 12.3. The Kier molecular flexibility index (Phi) is 8.39. The Morgan fingerprint density at radius 1 is 1.04 bits per heavy atom. The zero-order chi connectivity index (χ0) is 19.6. The van der Waals surface area contributed by atoms with Gasteiger partial charge in [0.25, 0.3) is 0 Å². The summed E-state index contributed by atoms with van der Waals surface area (Å²) in [6.45, 7) is 3.88. The average molecular weight is 404 g/mol. The van der Waals surface area contributed by atoms with E-state index >= 15 is 0 Å². The number of amides is 2. The molecule has 0 aliphatic carbocycles. The normalized spacial score (nSPS) is 10.5. The summed E-state index contributed by atoms with van der Waals surface area (Å²) >= 11 is 7.63. The lowest BCUT2D eigenvalue weighted by Gasteiger charge is -2.17. The lowest BCUT2D eigenvalue weighted by atomic mass is 10.3. The van der Waals surface area contributed by atoms with E-state index < -0.39 is 0 Å². The van der Waals surface area contributed by atoms with Gasteiger partial charge in [-0.2, -0.15) is 0 Å². The van der Waals surface area contributed by atoms with Gasteiger partial charge in [-0.15, -0.1) is 18.3 Å². The van der Waals surface area contributed by atoms with Crippen LogP contribution in [0.3, 0.4) is 0 Å². The number of thioether (sulfide) groups is 1. The number of carbonyl (C=O) groups excluding carboxylic acids is 2. The summed E-state index contributed by atoms with van der Waals surface area (Å²) in [6, 6.07) is 14.6. The molecule has 0 radical (unpaired) electrons. The second-order valence-corrected chi connectivity index (χ2v) is 7.31. The Balaban J connectivity index is 1.86. The highest BCUT2D eigenvalue weighted by molar-refractivity contribution is 7.99. The van der Waals surface area contributed by atoms with Crippen molar-refractivity contribution in [2.24, 2.45) is 0 Å². The van der Waals surface area contributed by atoms with Crippen molar-refractivity contribution in [1.29, 1.82) is 0 Å². The van der Waals surface area contributed by atoms with E-state index in [0.29, 0.717) is 10.7 Å². The number of hydrogen-bond donors (Lipinski definition) is 2. The minimum Gasteiger partial charge on any atom is -0.324 e. The van der Waals surface area contributed by atoms with Crippen LogP contribution in [0, 0.1) is 0 Å². The van der Waals surface area contributed by atoms with Crippen LogP contribution in [0.5, 0.6) is 0 Å². The standard InChI is InChI=1S/C20H22ClN3O2S/c1-3-12-27-18-11-7-6-10-17(18)23-20(26)14-24(2)13-19(25)22-16-9-5-4-8-15(16)21/h3-11H,1,12-14H2,2H3,(H,22,25)(H,23,26). The zero-order valence-electron chi connectivity index (χ0n) is 15.1. The van der Waals surface area contributed by atoms with Crippen molar-refractivity contribution in [3.8, 4) is 0 Å². The van der Waals surface area contributed by atoms with Crippen LogP contribution in [0.15, 0.2) is 66.1 Å². The van der Waals surface area contributed by atoms with E-state index in [1.165, 1.54) is 0 Å². The summed E-state index contributed by atoms with van der Waals surface area (Å²) in [6.07, 6.45) is 1.81. The van der Waals surface area contributed by atoms with Gasteiger partial charge in [-0.3, -0.25) is 14.5 Å². The number of carbonyl (C=O) groups is 2. The Hall–Kier alpha value is -2.28. The van der Waals surface area contributed by atoms with Gasteiger partial charge in [0.1, 0.15) is 0 Å². The third-order valence-corrected chi connectivity index (χ3v) is 4.89. The van der Waals surface area contributed by atoms with E-state index in [4.69, 9.17) is 11.6 Å². The van der Waals surface area contributed by atoms with Crippen LogP contribution in [-0.4, -0.2) is 42.6 Å². The molecule has 0 bridgehead atoms. The molecule has 0 unspecified atom stereocenters. The van der Waals surface area contributed by atoms with Crippen molar-refractivity contribution >= 4 is 46.6 Å². The van der Waals surface area contributed by atoms with Crippen LogP contribution in [0.4, 0.5) is 11.4 Å². The van der Waals surface area contributed by atoms with Gasteiger partial charge < -0.3 is 10.6 Å². The Morgan fingerprint density at radius 2 is 1.59 bits per heavy atom. The lowest BCUT2D eigenvalue weighted by molar-refractivity contribution is -0.119. The zero-order valence-corrected chi connectivity index (χ0v) is 16.6. The molecule has 0 fully saturated rings. The molecule has 5 nitrogen and oxygen atoms in total. The summed E-state index contributed by atoms with van der Waals surface area (Å²) in [5, 5.41) is 6.11. The first-order valence-corrected chi connectivity index (χ1v) is 9.71. The van der Waals surface area contributed by atoms with Gasteiger partial charge in [0.05, 0.1) is 29.5 Å². The van der Waals surface area contributed by atoms with Crippen LogP contribution in [-0.2, 0) is 9.59 Å². The van der Waals surface area contributed by atoms with Crippen LogP contribution in [0.25, 0.3) is 0 Å². The minimum atomic E-state index is -0.236. The third-order valence-electron chi connectivity index (χ3n) is 3.49. The molecular weight excluding hydrogens is 382 g/mol. The number of para-hydroxylation sites is 2. The highest BCUT2D eigenvalue weighted by Gasteiger charge is 2.13. The Labute approximate surface area is 168 Å². The quantitative estimate of drug-likeness (QED) is 0.488. The number of anilines is 2. The Morgan fingerprint density at radius 3 is 2.22 bits per heavy atom. The maximum absolute atomic E-state index is 12.3. The number of likely N-dealkylation sites (N-methyl/N-ethyl adjacent to an activating group) is 1. The maximum Gasteiger partial charge on any atom is 0.238 e. The van der Waals surface area contributed by atoms with Gasteiger partial charge in [-0.05, 0) is 31.3 Å². The Bertz CT molecular complexity index is 813. The van der Waals surface area contributed by atoms with Crippen molar-refractivity contribution in [1.82, 2.24) is 4.90 Å². The fourth-order valence-electron chi connectivity index (χ4n) is 2.33. The molecule has 0 saturated heterocycles. The van der Waals surface area contributed by atoms with Crippen LogP contribution < -0.4 is 10.6 Å². The van der Waals surface area contributed by atoms with E-state index in [1.807, 2.05) is 30.3 Å². The molecule has 0 aliphatic rings. The van der Waals surface area contributed by atoms with Crippen molar-refractivity contribution in [2.75, 3.05) is 36.5 Å². The lowest BCUT2D eigenvalue weighted by Crippen LogP contribution is -2.36. The van der Waals surface area contributed by atoms with Gasteiger partial charge in [-0.1, -0.05) is 41.9 Å². The molecule has 0 aromatic heterocycles. The molecule has 2 amide bonds. The fourth-order valence-corrected chi connectivity index (χ4v) is 3.26. The second kappa shape index (κ2) is 10.8. The van der Waals surface area contributed by atoms with Gasteiger partial charge in [0.15, 0.2) is 0 Å². The highest BCUT2D eigenvalue weighted by atomic mass is 35.5. The molecule has 0 heterocycles. The molecule has 2 N–H and O–H groups in total. The molecule has 0 saturated carbocycles. The SMILES string of the molecule is C=CCSc1ccccc1NC(=O)CN(C)CC(=O)Nc1ccccc1Cl. The third kappa shape index (κ3) is 7.09. The van der Waals surface area contributed by atoms with Gasteiger partial charge >= 0.3 is 0 Å². The van der Waals surface area contributed by atoms with E-state index in [2.05, 4.69) is 17.2 Å². The summed E-state index contributed by atoms with van der Waals surface area (Å²) < 4.78 is 0. The average Bonchev–Trinajstić information content (AvgIpc) is 2.62. The first kappa shape index (κ1) is 21.0. The molecular formula is C20H22ClN3O2S. The molecule has 0 aliphatic heterocycles. The first-order chi connectivity index (χ1) is 13.0. The molecule has 27 heavy (non-hydrogen) atoms. The molecule has 2 rings (SSSR count). The number of halogens is 1. The van der Waals surface area contributed by atoms with Crippen molar-refractivity contribution in [2.45, 2.75) is 4.90 Å². The summed E-state index contributed by atoms with van der Waals surface area (Å²) in [7, 11) is 1.71. The number of hydrogen-bond acceptors (Lipinski definition) is 4. The van der Waals surface area contributed by atoms with E-state index in [9.17, 15) is 9.59 Å². The van der Waals surface area contributed by atoms with Gasteiger partial charge in [0, 0.05) is 10.6 Å². The number of benzene rings is 2. The van der Waals surface area contributed by atoms with E-state index in [1.54, 1.807) is 48.0 Å². The molecule has 7 heteroatoms. The van der Waals surface area contributed by atoms with Crippen molar-refractivity contribution < 1.29 is 9.59 Å². The first-order valence-electron chi connectivity index (χ1n) is 8.35. The topological polar surface area (TPSA) is 61.4 Å². The predicted molar refractivity (Wildman–Crippen MR) is 114 cm³/mol. The summed E-state index contributed by atoms with van der Waals surface area (Å²) in [4.78, 5) is 27.1. The van der Waals surface area contributed by atoms with Gasteiger partial charge in [-0.25, -0.2) is 0 Å². The molecule has 0 spiro atoms. The van der Waals surface area contributed by atoms with Crippen LogP contribution in [0.2, 0.25) is 5.02 Å². The van der Waals surface area contributed by atoms with Gasteiger partial charge in [0.2, 0.25) is 11.8 Å². The fraction of sp³-hybridized carbons (Fsp3) is 0.200. The van der Waals surface area contributed by atoms with Crippen molar-refractivity contribution in [3.63, 3.8) is 0 Å². The molecule has 142 valence electrons. The molecule has 2 aromatic carbocycles. The van der Waals surface area contributed by atoms with Crippen LogP contribution >= 0.6 is 23.4 Å². The second-order valence-electron chi connectivity index (χ2n) is 5.84. The van der Waals surface area contributed by atoms with E-state index in [0.717, 1.165) is 16.3 Å². The summed E-state index contributed by atoms with van der Waals surface area (Å²) in [5.74, 6) is 0.338. The largest absolute Gasteiger partial charge is 0.324 e. The smallest absolute Gasteiger partial charge is 0.238 e. The number of nitrogens with one attached hydrogen (secondary N) is 2. The highest BCUT2D eigenvalue weighted by Crippen LogP contribution is 2.26. The molecule has 0 atom stereocenters. The van der Waals surface area contributed by atoms with Crippen molar-refractivity contribution in [3.05, 3.63) is 66.2 Å². The predicted octanol–water partition coefficient (Wildman–Crippen LogP) is 4.13. The monoisotopic (exact) mass is 403 g/mol. The number of nitrogens with zero attached hydrogens (tertiary/aromatic N) is 1. The summed E-state index contributed by atoms with van der Waals surface area (Å²) in [5.41, 5.74) is 1.30.